The summed E-state index contributed by atoms with van der Waals surface area (Å²) < 4.78 is 0. The standard InChI is InChI=1S/C32H32N4O2/c37-30(27-3-1-2-10-33-27)19-34-25-7-4-23(5-8-25)28-14-24-6-9-26(15-29(24)36-28)35-31(38)32-16-20-11-21(17-32)13-22(12-20)18-32/h1-10,14-15,20-22,34,36H,11-13,16-19H2,(H,35,38). The first-order chi connectivity index (χ1) is 18.5. The Hall–Kier alpha value is -3.93. The number of carbonyl (C=O) groups is 2. The number of aromatic amines is 1. The molecule has 3 N–H and O–H groups in total. The van der Waals surface area contributed by atoms with Gasteiger partial charge in [0.1, 0.15) is 5.69 Å². The van der Waals surface area contributed by atoms with Crippen molar-refractivity contribution in [1.29, 1.82) is 0 Å². The maximum Gasteiger partial charge on any atom is 0.230 e. The maximum absolute atomic E-state index is 13.5. The molecule has 38 heavy (non-hydrogen) atoms. The Morgan fingerprint density at radius 2 is 1.58 bits per heavy atom. The number of H-pyrrole nitrogens is 1. The molecule has 8 rings (SSSR count). The molecule has 2 aromatic heterocycles. The van der Waals surface area contributed by atoms with Crippen LogP contribution in [0.5, 0.6) is 0 Å². The normalized spacial score (nSPS) is 25.4. The van der Waals surface area contributed by atoms with E-state index in [1.807, 2.05) is 36.4 Å². The van der Waals surface area contributed by atoms with Crippen molar-refractivity contribution in [3.8, 4) is 11.3 Å². The quantitative estimate of drug-likeness (QED) is 0.245. The number of anilines is 2. The zero-order valence-corrected chi connectivity index (χ0v) is 21.4. The Labute approximate surface area is 222 Å². The molecule has 4 fully saturated rings. The highest BCUT2D eigenvalue weighted by atomic mass is 16.2. The van der Waals surface area contributed by atoms with Gasteiger partial charge in [-0.05, 0) is 104 Å². The smallest absolute Gasteiger partial charge is 0.230 e. The van der Waals surface area contributed by atoms with Crippen LogP contribution >= 0.6 is 0 Å². The number of hydrogen-bond acceptors (Lipinski definition) is 4. The van der Waals surface area contributed by atoms with E-state index in [1.165, 1.54) is 19.3 Å². The number of rotatable bonds is 7. The highest BCUT2D eigenvalue weighted by molar-refractivity contribution is 5.98. The molecule has 6 heteroatoms. The first kappa shape index (κ1) is 23.2. The van der Waals surface area contributed by atoms with Crippen molar-refractivity contribution >= 4 is 34.0 Å². The van der Waals surface area contributed by atoms with Crippen LogP contribution in [0.1, 0.15) is 49.0 Å². The summed E-state index contributed by atoms with van der Waals surface area (Å²) in [6.45, 7) is 0.195. The number of aromatic nitrogens is 2. The molecule has 4 aliphatic carbocycles. The summed E-state index contributed by atoms with van der Waals surface area (Å²) in [6.07, 6.45) is 8.85. The predicted molar refractivity (Wildman–Crippen MR) is 150 cm³/mol. The predicted octanol–water partition coefficient (Wildman–Crippen LogP) is 6.68. The van der Waals surface area contributed by atoms with Crippen LogP contribution in [-0.2, 0) is 4.79 Å². The summed E-state index contributed by atoms with van der Waals surface area (Å²) >= 11 is 0. The average molecular weight is 505 g/mol. The number of benzene rings is 2. The summed E-state index contributed by atoms with van der Waals surface area (Å²) in [4.78, 5) is 33.4. The number of Topliss-reactive ketones (excluding diaryl/α,β-unsaturated/α-hetero) is 1. The topological polar surface area (TPSA) is 86.9 Å². The Bertz CT molecular complexity index is 1470. The van der Waals surface area contributed by atoms with Gasteiger partial charge in [0.25, 0.3) is 0 Å². The minimum Gasteiger partial charge on any atom is -0.378 e. The molecule has 0 aliphatic heterocycles. The first-order valence-corrected chi connectivity index (χ1v) is 13.8. The van der Waals surface area contributed by atoms with E-state index in [4.69, 9.17) is 0 Å². The number of ketones is 1. The molecule has 6 nitrogen and oxygen atoms in total. The molecular weight excluding hydrogens is 472 g/mol. The number of carbonyl (C=O) groups excluding carboxylic acids is 2. The SMILES string of the molecule is O=C(CNc1ccc(-c2cc3ccc(NC(=O)C45CC6CC(CC(C6)C4)C5)cc3[nH]2)cc1)c1ccccn1. The fourth-order valence-electron chi connectivity index (χ4n) is 7.58. The summed E-state index contributed by atoms with van der Waals surface area (Å²) in [7, 11) is 0. The van der Waals surface area contributed by atoms with Crippen LogP contribution in [0.2, 0.25) is 0 Å². The lowest BCUT2D eigenvalue weighted by Crippen LogP contribution is -2.51. The number of nitrogens with one attached hydrogen (secondary N) is 3. The van der Waals surface area contributed by atoms with Gasteiger partial charge in [0.05, 0.1) is 12.0 Å². The first-order valence-electron chi connectivity index (χ1n) is 13.8. The summed E-state index contributed by atoms with van der Waals surface area (Å²) in [5.41, 5.74) is 5.13. The van der Waals surface area contributed by atoms with E-state index in [9.17, 15) is 9.59 Å². The lowest BCUT2D eigenvalue weighted by molar-refractivity contribution is -0.140. The monoisotopic (exact) mass is 504 g/mol. The van der Waals surface area contributed by atoms with Gasteiger partial charge < -0.3 is 15.6 Å². The van der Waals surface area contributed by atoms with E-state index < -0.39 is 0 Å². The zero-order chi connectivity index (χ0) is 25.7. The van der Waals surface area contributed by atoms with Crippen molar-refractivity contribution < 1.29 is 9.59 Å². The fraction of sp³-hybridized carbons (Fsp3) is 0.344. The molecule has 4 bridgehead atoms. The van der Waals surface area contributed by atoms with Gasteiger partial charge in [-0.2, -0.15) is 0 Å². The van der Waals surface area contributed by atoms with Crippen LogP contribution in [0.15, 0.2) is 72.9 Å². The largest absolute Gasteiger partial charge is 0.378 e. The minimum absolute atomic E-state index is 0.0450. The van der Waals surface area contributed by atoms with Crippen molar-refractivity contribution in [2.45, 2.75) is 38.5 Å². The van der Waals surface area contributed by atoms with Gasteiger partial charge in [0, 0.05) is 34.2 Å². The van der Waals surface area contributed by atoms with Crippen LogP contribution in [0, 0.1) is 23.2 Å². The Morgan fingerprint density at radius 1 is 0.868 bits per heavy atom. The van der Waals surface area contributed by atoms with Crippen LogP contribution in [0.4, 0.5) is 11.4 Å². The maximum atomic E-state index is 13.5. The molecule has 0 spiro atoms. The molecule has 4 aromatic rings. The van der Waals surface area contributed by atoms with E-state index in [-0.39, 0.29) is 23.7 Å². The Balaban J connectivity index is 1.03. The van der Waals surface area contributed by atoms with Gasteiger partial charge in [-0.3, -0.25) is 14.6 Å². The van der Waals surface area contributed by atoms with E-state index >= 15 is 0 Å². The molecule has 2 aromatic carbocycles. The van der Waals surface area contributed by atoms with Crippen molar-refractivity contribution in [2.24, 2.45) is 23.2 Å². The summed E-state index contributed by atoms with van der Waals surface area (Å²) in [5, 5.41) is 7.57. The molecule has 2 heterocycles. The third-order valence-corrected chi connectivity index (χ3v) is 9.00. The molecule has 192 valence electrons. The summed E-state index contributed by atoms with van der Waals surface area (Å²) in [6, 6.07) is 21.6. The molecule has 0 saturated heterocycles. The van der Waals surface area contributed by atoms with Crippen molar-refractivity contribution in [2.75, 3.05) is 17.2 Å². The number of pyridine rings is 1. The van der Waals surface area contributed by atoms with Crippen LogP contribution in [0.3, 0.4) is 0 Å². The molecule has 0 radical (unpaired) electrons. The lowest BCUT2D eigenvalue weighted by atomic mass is 9.49. The molecule has 4 aliphatic rings. The minimum atomic E-state index is -0.150. The second kappa shape index (κ2) is 9.12. The molecule has 1 amide bonds. The second-order valence-electron chi connectivity index (χ2n) is 11.7. The van der Waals surface area contributed by atoms with Gasteiger partial charge in [-0.25, -0.2) is 0 Å². The van der Waals surface area contributed by atoms with Crippen molar-refractivity contribution in [3.05, 3.63) is 78.6 Å². The highest BCUT2D eigenvalue weighted by Crippen LogP contribution is 2.60. The number of nitrogens with zero attached hydrogens (tertiary/aromatic N) is 1. The van der Waals surface area contributed by atoms with Gasteiger partial charge in [-0.15, -0.1) is 0 Å². The van der Waals surface area contributed by atoms with Crippen LogP contribution in [0.25, 0.3) is 22.2 Å². The van der Waals surface area contributed by atoms with E-state index in [1.54, 1.807) is 18.3 Å². The van der Waals surface area contributed by atoms with Gasteiger partial charge >= 0.3 is 0 Å². The van der Waals surface area contributed by atoms with Gasteiger partial charge in [0.2, 0.25) is 5.91 Å². The molecule has 4 saturated carbocycles. The number of fused-ring (bicyclic) bond motifs is 1. The zero-order valence-electron chi connectivity index (χ0n) is 21.4. The van der Waals surface area contributed by atoms with Gasteiger partial charge in [-0.1, -0.05) is 24.3 Å². The van der Waals surface area contributed by atoms with Crippen molar-refractivity contribution in [1.82, 2.24) is 9.97 Å². The third-order valence-electron chi connectivity index (χ3n) is 9.00. The molecular formula is C32H32N4O2. The van der Waals surface area contributed by atoms with Gasteiger partial charge in [0.15, 0.2) is 5.78 Å². The number of hydrogen-bond donors (Lipinski definition) is 3. The molecule has 0 atom stereocenters. The lowest BCUT2D eigenvalue weighted by Gasteiger charge is -2.55. The third kappa shape index (κ3) is 4.28. The molecule has 0 unspecified atom stereocenters. The Morgan fingerprint density at radius 3 is 2.26 bits per heavy atom. The number of amides is 1. The average Bonchev–Trinajstić information content (AvgIpc) is 3.35. The second-order valence-corrected chi connectivity index (χ2v) is 11.7. The van der Waals surface area contributed by atoms with E-state index in [0.29, 0.717) is 5.69 Å². The van der Waals surface area contributed by atoms with E-state index in [2.05, 4.69) is 38.8 Å². The Kier molecular flexibility index (Phi) is 5.57. The van der Waals surface area contributed by atoms with Crippen LogP contribution < -0.4 is 10.6 Å². The van der Waals surface area contributed by atoms with Crippen LogP contribution in [-0.4, -0.2) is 28.2 Å². The van der Waals surface area contributed by atoms with E-state index in [0.717, 1.165) is 70.6 Å². The fourth-order valence-corrected chi connectivity index (χ4v) is 7.58. The van der Waals surface area contributed by atoms with Crippen molar-refractivity contribution in [3.63, 3.8) is 0 Å². The highest BCUT2D eigenvalue weighted by Gasteiger charge is 2.54. The summed E-state index contributed by atoms with van der Waals surface area (Å²) in [5.74, 6) is 2.44.